The lowest BCUT2D eigenvalue weighted by atomic mass is 9.90. The molecule has 4 rings (SSSR count). The highest BCUT2D eigenvalue weighted by molar-refractivity contribution is 7.91. The molecule has 2 aromatic carbocycles. The van der Waals surface area contributed by atoms with Gasteiger partial charge in [-0.3, -0.25) is 0 Å². The molecular weight excluding hydrogens is 369 g/mol. The number of hydrogen-bond acceptors (Lipinski definition) is 5. The van der Waals surface area contributed by atoms with E-state index in [0.29, 0.717) is 18.3 Å². The zero-order chi connectivity index (χ0) is 19.2. The summed E-state index contributed by atoms with van der Waals surface area (Å²) in [4.78, 5) is -0.0407. The maximum absolute atomic E-state index is 14.0. The van der Waals surface area contributed by atoms with Crippen LogP contribution in [0.25, 0.3) is 0 Å². The van der Waals surface area contributed by atoms with Crippen molar-refractivity contribution >= 4 is 9.84 Å². The lowest BCUT2D eigenvalue weighted by Gasteiger charge is -2.28. The molecule has 5 nitrogen and oxygen atoms in total. The van der Waals surface area contributed by atoms with E-state index in [1.165, 1.54) is 12.1 Å². The fourth-order valence-corrected chi connectivity index (χ4v) is 5.10. The van der Waals surface area contributed by atoms with Crippen LogP contribution in [0, 0.1) is 5.82 Å². The minimum Gasteiger partial charge on any atom is -0.492 e. The van der Waals surface area contributed by atoms with Crippen molar-refractivity contribution in [3.63, 3.8) is 0 Å². The molecule has 2 aliphatic heterocycles. The van der Waals surface area contributed by atoms with Crippen LogP contribution in [-0.4, -0.2) is 33.7 Å². The van der Waals surface area contributed by atoms with Crippen molar-refractivity contribution < 1.29 is 22.3 Å². The van der Waals surface area contributed by atoms with Gasteiger partial charge < -0.3 is 14.8 Å². The fraction of sp³-hybridized carbons (Fsp3) is 0.400. The summed E-state index contributed by atoms with van der Waals surface area (Å²) < 4.78 is 51.3. The maximum atomic E-state index is 14.0. The molecule has 7 heteroatoms. The van der Waals surface area contributed by atoms with Gasteiger partial charge in [-0.1, -0.05) is 6.07 Å². The minimum absolute atomic E-state index is 0.0896. The lowest BCUT2D eigenvalue weighted by Crippen LogP contribution is -2.35. The van der Waals surface area contributed by atoms with E-state index in [9.17, 15) is 12.8 Å². The molecule has 0 radical (unpaired) electrons. The molecule has 0 aromatic heterocycles. The number of fused-ring (bicyclic) bond motifs is 3. The van der Waals surface area contributed by atoms with Crippen LogP contribution in [0.15, 0.2) is 46.2 Å². The van der Waals surface area contributed by atoms with E-state index in [-0.39, 0.29) is 27.7 Å². The van der Waals surface area contributed by atoms with Crippen LogP contribution in [0.5, 0.6) is 11.5 Å². The van der Waals surface area contributed by atoms with Gasteiger partial charge in [-0.05, 0) is 56.6 Å². The van der Waals surface area contributed by atoms with E-state index in [0.717, 1.165) is 24.6 Å². The van der Waals surface area contributed by atoms with Gasteiger partial charge >= 0.3 is 0 Å². The predicted octanol–water partition coefficient (Wildman–Crippen LogP) is 3.28. The second-order valence-electron chi connectivity index (χ2n) is 7.26. The lowest BCUT2D eigenvalue weighted by molar-refractivity contribution is 0.238. The van der Waals surface area contributed by atoms with Gasteiger partial charge in [0.2, 0.25) is 9.84 Å². The topological polar surface area (TPSA) is 64.6 Å². The second kappa shape index (κ2) is 6.80. The number of nitrogens with one attached hydrogen (secondary N) is 1. The third-order valence-corrected chi connectivity index (χ3v) is 6.72. The van der Waals surface area contributed by atoms with Crippen molar-refractivity contribution in [3.05, 3.63) is 47.8 Å². The second-order valence-corrected chi connectivity index (χ2v) is 9.21. The van der Waals surface area contributed by atoms with Gasteiger partial charge in [0, 0.05) is 18.0 Å². The highest BCUT2D eigenvalue weighted by Gasteiger charge is 2.35. The van der Waals surface area contributed by atoms with Crippen LogP contribution in [-0.2, 0) is 9.84 Å². The van der Waals surface area contributed by atoms with Gasteiger partial charge in [0.15, 0.2) is 0 Å². The van der Waals surface area contributed by atoms with E-state index >= 15 is 0 Å². The molecule has 2 aromatic rings. The monoisotopic (exact) mass is 391 g/mol. The Hall–Kier alpha value is -2.12. The molecule has 0 saturated carbocycles. The third kappa shape index (κ3) is 3.41. The Kier molecular flexibility index (Phi) is 4.60. The van der Waals surface area contributed by atoms with Crippen molar-refractivity contribution in [2.24, 2.45) is 0 Å². The van der Waals surface area contributed by atoms with Crippen molar-refractivity contribution in [2.75, 3.05) is 13.2 Å². The summed E-state index contributed by atoms with van der Waals surface area (Å²) in [7, 11) is -3.89. The molecule has 0 bridgehead atoms. The third-order valence-electron chi connectivity index (χ3n) is 4.99. The predicted molar refractivity (Wildman–Crippen MR) is 98.7 cm³/mol. The Morgan fingerprint density at radius 1 is 1.19 bits per heavy atom. The summed E-state index contributed by atoms with van der Waals surface area (Å²) in [6.07, 6.45) is 0.819. The number of benzene rings is 2. The minimum atomic E-state index is -3.89. The van der Waals surface area contributed by atoms with Crippen LogP contribution in [0.3, 0.4) is 0 Å². The molecule has 2 atom stereocenters. The van der Waals surface area contributed by atoms with Crippen LogP contribution in [0.2, 0.25) is 0 Å². The molecule has 1 saturated heterocycles. The number of ether oxygens (including phenoxy) is 2. The SMILES string of the molecule is CC(C)Oc1cc(F)cc(S(=O)(=O)c2ccc3c(c2)OCC2NCCC32)c1. The van der Waals surface area contributed by atoms with Gasteiger partial charge in [0.1, 0.15) is 23.9 Å². The Morgan fingerprint density at radius 3 is 2.78 bits per heavy atom. The largest absolute Gasteiger partial charge is 0.492 e. The first-order chi connectivity index (χ1) is 12.8. The number of sulfone groups is 1. The van der Waals surface area contributed by atoms with Gasteiger partial charge in [0.25, 0.3) is 0 Å². The van der Waals surface area contributed by atoms with E-state index in [2.05, 4.69) is 5.32 Å². The zero-order valence-corrected chi connectivity index (χ0v) is 16.1. The van der Waals surface area contributed by atoms with Gasteiger partial charge in [-0.25, -0.2) is 12.8 Å². The maximum Gasteiger partial charge on any atom is 0.206 e. The first-order valence-corrected chi connectivity index (χ1v) is 10.6. The molecule has 1 fully saturated rings. The Labute approximate surface area is 158 Å². The zero-order valence-electron chi connectivity index (χ0n) is 15.2. The van der Waals surface area contributed by atoms with Gasteiger partial charge in [-0.15, -0.1) is 0 Å². The summed E-state index contributed by atoms with van der Waals surface area (Å²) in [5.74, 6) is 0.472. The summed E-state index contributed by atoms with van der Waals surface area (Å²) in [5, 5.41) is 3.40. The summed E-state index contributed by atoms with van der Waals surface area (Å²) in [5.41, 5.74) is 1.03. The van der Waals surface area contributed by atoms with Gasteiger partial charge in [-0.2, -0.15) is 0 Å². The van der Waals surface area contributed by atoms with E-state index < -0.39 is 15.7 Å². The first kappa shape index (κ1) is 18.3. The standard InChI is InChI=1S/C20H22FNO4S/c1-12(2)26-14-7-13(21)8-16(9-14)27(23,24)15-3-4-18-17-5-6-22-19(17)11-25-20(18)10-15/h3-4,7-10,12,17,19,22H,5-6,11H2,1-2H3. The fourth-order valence-electron chi connectivity index (χ4n) is 3.78. The van der Waals surface area contributed by atoms with Gasteiger partial charge in [0.05, 0.1) is 15.9 Å². The Morgan fingerprint density at radius 2 is 2.00 bits per heavy atom. The molecule has 0 aliphatic carbocycles. The van der Waals surface area contributed by atoms with E-state index in [1.54, 1.807) is 26.0 Å². The first-order valence-electron chi connectivity index (χ1n) is 9.07. The average molecular weight is 391 g/mol. The van der Waals surface area contributed by atoms with Crippen LogP contribution < -0.4 is 14.8 Å². The number of halogens is 1. The molecule has 2 heterocycles. The highest BCUT2D eigenvalue weighted by Crippen LogP contribution is 2.40. The highest BCUT2D eigenvalue weighted by atomic mass is 32.2. The van der Waals surface area contributed by atoms with Crippen molar-refractivity contribution in [2.45, 2.75) is 48.1 Å². The van der Waals surface area contributed by atoms with E-state index in [4.69, 9.17) is 9.47 Å². The molecule has 27 heavy (non-hydrogen) atoms. The van der Waals surface area contributed by atoms with Crippen molar-refractivity contribution in [1.82, 2.24) is 5.32 Å². The molecular formula is C20H22FNO4S. The summed E-state index contributed by atoms with van der Waals surface area (Å²) in [6.45, 7) is 5.05. The molecule has 0 amide bonds. The van der Waals surface area contributed by atoms with E-state index in [1.807, 2.05) is 6.07 Å². The van der Waals surface area contributed by atoms with Crippen LogP contribution in [0.4, 0.5) is 4.39 Å². The normalized spacial score (nSPS) is 21.5. The molecule has 0 spiro atoms. The molecule has 1 N–H and O–H groups in total. The smallest absolute Gasteiger partial charge is 0.206 e. The Balaban J connectivity index is 1.72. The molecule has 2 unspecified atom stereocenters. The van der Waals surface area contributed by atoms with Crippen molar-refractivity contribution in [1.29, 1.82) is 0 Å². The number of hydrogen-bond donors (Lipinski definition) is 1. The summed E-state index contributed by atoms with van der Waals surface area (Å²) >= 11 is 0. The van der Waals surface area contributed by atoms with Crippen LogP contribution >= 0.6 is 0 Å². The molecule has 144 valence electrons. The quantitative estimate of drug-likeness (QED) is 0.867. The Bertz CT molecular complexity index is 974. The summed E-state index contributed by atoms with van der Waals surface area (Å²) in [6, 6.07) is 8.77. The van der Waals surface area contributed by atoms with Crippen molar-refractivity contribution in [3.8, 4) is 11.5 Å². The van der Waals surface area contributed by atoms with Crippen LogP contribution in [0.1, 0.15) is 31.7 Å². The average Bonchev–Trinajstić information content (AvgIpc) is 3.09. The number of rotatable bonds is 4. The molecule has 2 aliphatic rings.